The third kappa shape index (κ3) is 4.88. The van der Waals surface area contributed by atoms with Crippen molar-refractivity contribution >= 4 is 17.7 Å². The van der Waals surface area contributed by atoms with E-state index in [4.69, 9.17) is 9.47 Å². The van der Waals surface area contributed by atoms with Gasteiger partial charge in [0, 0.05) is 31.9 Å². The Morgan fingerprint density at radius 2 is 1.67 bits per heavy atom. The number of nitrogens with zero attached hydrogens (tertiary/aromatic N) is 2. The average Bonchev–Trinajstić information content (AvgIpc) is 2.62. The van der Waals surface area contributed by atoms with Crippen molar-refractivity contribution in [2.24, 2.45) is 0 Å². The Bertz CT molecular complexity index is 536. The van der Waals surface area contributed by atoms with Crippen LogP contribution < -0.4 is 4.90 Å². The second-order valence-corrected chi connectivity index (χ2v) is 5.71. The van der Waals surface area contributed by atoms with Gasteiger partial charge in [-0.05, 0) is 37.6 Å². The van der Waals surface area contributed by atoms with Gasteiger partial charge in [0.25, 0.3) is 0 Å². The van der Waals surface area contributed by atoms with Crippen molar-refractivity contribution in [3.8, 4) is 0 Å². The Balaban J connectivity index is 1.83. The van der Waals surface area contributed by atoms with Crippen LogP contribution in [0.25, 0.3) is 0 Å². The highest BCUT2D eigenvalue weighted by Gasteiger charge is 2.22. The van der Waals surface area contributed by atoms with Gasteiger partial charge in [0.2, 0.25) is 0 Å². The lowest BCUT2D eigenvalue weighted by Crippen LogP contribution is -2.49. The number of anilines is 1. The lowest BCUT2D eigenvalue weighted by atomic mass is 10.2. The van der Waals surface area contributed by atoms with Crippen LogP contribution in [0.5, 0.6) is 0 Å². The monoisotopic (exact) mass is 334 g/mol. The number of benzene rings is 1. The van der Waals surface area contributed by atoms with Crippen molar-refractivity contribution in [2.45, 2.75) is 26.7 Å². The first-order chi connectivity index (χ1) is 11.7. The predicted molar refractivity (Wildman–Crippen MR) is 92.4 cm³/mol. The molecule has 0 atom stereocenters. The zero-order chi connectivity index (χ0) is 17.4. The molecule has 0 saturated carbocycles. The van der Waals surface area contributed by atoms with Crippen LogP contribution in [0.3, 0.4) is 0 Å². The van der Waals surface area contributed by atoms with Gasteiger partial charge in [-0.2, -0.15) is 0 Å². The van der Waals surface area contributed by atoms with Gasteiger partial charge in [0.15, 0.2) is 0 Å². The van der Waals surface area contributed by atoms with Crippen LogP contribution in [0.1, 0.15) is 37.0 Å². The Morgan fingerprint density at radius 1 is 1.00 bits per heavy atom. The van der Waals surface area contributed by atoms with Crippen LogP contribution in [0.15, 0.2) is 24.3 Å². The average molecular weight is 334 g/mol. The van der Waals surface area contributed by atoms with Crippen molar-refractivity contribution in [3.05, 3.63) is 29.8 Å². The van der Waals surface area contributed by atoms with Crippen LogP contribution in [0.4, 0.5) is 10.5 Å². The summed E-state index contributed by atoms with van der Waals surface area (Å²) in [6, 6.07) is 7.39. The zero-order valence-electron chi connectivity index (χ0n) is 14.5. The molecule has 1 aromatic rings. The van der Waals surface area contributed by atoms with Crippen LogP contribution in [0.2, 0.25) is 0 Å². The molecule has 0 aliphatic carbocycles. The molecule has 6 nitrogen and oxygen atoms in total. The van der Waals surface area contributed by atoms with Gasteiger partial charge in [-0.3, -0.25) is 0 Å². The highest BCUT2D eigenvalue weighted by atomic mass is 16.6. The molecule has 0 unspecified atom stereocenters. The first-order valence-electron chi connectivity index (χ1n) is 8.59. The summed E-state index contributed by atoms with van der Waals surface area (Å²) in [5, 5.41) is 0. The van der Waals surface area contributed by atoms with Crippen LogP contribution in [-0.4, -0.2) is 56.4 Å². The van der Waals surface area contributed by atoms with Crippen molar-refractivity contribution in [1.82, 2.24) is 4.90 Å². The van der Waals surface area contributed by atoms with Crippen molar-refractivity contribution < 1.29 is 19.1 Å². The van der Waals surface area contributed by atoms with Gasteiger partial charge in [0.05, 0.1) is 18.8 Å². The Hall–Kier alpha value is -2.24. The number of carbonyl (C=O) groups is 2. The normalized spacial score (nSPS) is 14.4. The fourth-order valence-electron chi connectivity index (χ4n) is 2.57. The van der Waals surface area contributed by atoms with E-state index in [-0.39, 0.29) is 12.1 Å². The zero-order valence-corrected chi connectivity index (χ0v) is 14.5. The molecule has 1 heterocycles. The highest BCUT2D eigenvalue weighted by molar-refractivity contribution is 5.89. The Kier molecular flexibility index (Phi) is 6.90. The fourth-order valence-corrected chi connectivity index (χ4v) is 2.57. The molecule has 0 spiro atoms. The molecule has 6 heteroatoms. The smallest absolute Gasteiger partial charge is 0.409 e. The molecule has 1 aromatic carbocycles. The van der Waals surface area contributed by atoms with E-state index in [2.05, 4.69) is 11.8 Å². The molecule has 24 heavy (non-hydrogen) atoms. The molecule has 2 rings (SSSR count). The number of rotatable bonds is 6. The molecule has 1 saturated heterocycles. The summed E-state index contributed by atoms with van der Waals surface area (Å²) in [6.45, 7) is 7.51. The summed E-state index contributed by atoms with van der Waals surface area (Å²) in [5.41, 5.74) is 1.60. The molecule has 0 radical (unpaired) electrons. The number of unbranched alkanes of at least 4 members (excludes halogenated alkanes) is 1. The lowest BCUT2D eigenvalue weighted by molar-refractivity contribution is 0.0526. The second kappa shape index (κ2) is 9.15. The lowest BCUT2D eigenvalue weighted by Gasteiger charge is -2.35. The third-order valence-corrected chi connectivity index (χ3v) is 4.00. The third-order valence-electron chi connectivity index (χ3n) is 4.00. The minimum Gasteiger partial charge on any atom is -0.462 e. The van der Waals surface area contributed by atoms with E-state index in [1.54, 1.807) is 24.0 Å². The molecule has 1 aliphatic rings. The summed E-state index contributed by atoms with van der Waals surface area (Å²) < 4.78 is 10.2. The molecule has 0 N–H and O–H groups in total. The summed E-state index contributed by atoms with van der Waals surface area (Å²) in [7, 11) is 0. The maximum atomic E-state index is 11.9. The first kappa shape index (κ1) is 18.1. The van der Waals surface area contributed by atoms with E-state index < -0.39 is 0 Å². The Morgan fingerprint density at radius 3 is 2.25 bits per heavy atom. The van der Waals surface area contributed by atoms with Gasteiger partial charge < -0.3 is 19.3 Å². The maximum absolute atomic E-state index is 11.9. The number of hydrogen-bond acceptors (Lipinski definition) is 5. The summed E-state index contributed by atoms with van der Waals surface area (Å²) in [6.07, 6.45) is 1.70. The van der Waals surface area contributed by atoms with E-state index >= 15 is 0 Å². The second-order valence-electron chi connectivity index (χ2n) is 5.71. The molecule has 1 fully saturated rings. The van der Waals surface area contributed by atoms with E-state index in [1.807, 2.05) is 12.1 Å². The topological polar surface area (TPSA) is 59.1 Å². The number of carbonyl (C=O) groups excluding carboxylic acids is 2. The van der Waals surface area contributed by atoms with Gasteiger partial charge in [-0.1, -0.05) is 13.3 Å². The highest BCUT2D eigenvalue weighted by Crippen LogP contribution is 2.18. The summed E-state index contributed by atoms with van der Waals surface area (Å²) >= 11 is 0. The minimum atomic E-state index is -0.302. The van der Waals surface area contributed by atoms with Crippen molar-refractivity contribution in [3.63, 3.8) is 0 Å². The van der Waals surface area contributed by atoms with E-state index in [0.29, 0.717) is 31.9 Å². The SMILES string of the molecule is CCCCOC(=O)N1CCN(c2ccc(C(=O)OCC)cc2)CC1. The van der Waals surface area contributed by atoms with E-state index in [1.165, 1.54) is 0 Å². The summed E-state index contributed by atoms with van der Waals surface area (Å²) in [4.78, 5) is 27.5. The molecule has 1 aliphatic heterocycles. The summed E-state index contributed by atoms with van der Waals surface area (Å²) in [5.74, 6) is -0.302. The number of amides is 1. The fraction of sp³-hybridized carbons (Fsp3) is 0.556. The van der Waals surface area contributed by atoms with E-state index in [9.17, 15) is 9.59 Å². The van der Waals surface area contributed by atoms with Crippen molar-refractivity contribution in [1.29, 1.82) is 0 Å². The van der Waals surface area contributed by atoms with Crippen LogP contribution in [-0.2, 0) is 9.47 Å². The number of ether oxygens (including phenoxy) is 2. The van der Waals surface area contributed by atoms with Crippen molar-refractivity contribution in [2.75, 3.05) is 44.3 Å². The Labute approximate surface area is 143 Å². The molecular formula is C18H26N2O4. The van der Waals surface area contributed by atoms with E-state index in [0.717, 1.165) is 31.6 Å². The predicted octanol–water partition coefficient (Wildman–Crippen LogP) is 2.92. The maximum Gasteiger partial charge on any atom is 0.409 e. The number of esters is 1. The first-order valence-corrected chi connectivity index (χ1v) is 8.59. The quantitative estimate of drug-likeness (QED) is 0.591. The largest absolute Gasteiger partial charge is 0.462 e. The number of piperazine rings is 1. The van der Waals surface area contributed by atoms with Crippen LogP contribution >= 0.6 is 0 Å². The molecule has 1 amide bonds. The van der Waals surface area contributed by atoms with Gasteiger partial charge in [-0.25, -0.2) is 9.59 Å². The van der Waals surface area contributed by atoms with Gasteiger partial charge in [-0.15, -0.1) is 0 Å². The van der Waals surface area contributed by atoms with Gasteiger partial charge >= 0.3 is 12.1 Å². The minimum absolute atomic E-state index is 0.222. The standard InChI is InChI=1S/C18H26N2O4/c1-3-5-14-24-18(22)20-12-10-19(11-13-20)16-8-6-15(7-9-16)17(21)23-4-2/h6-9H,3-5,10-14H2,1-2H3. The molecular weight excluding hydrogens is 308 g/mol. The molecule has 132 valence electrons. The van der Waals surface area contributed by atoms with Crippen LogP contribution in [0, 0.1) is 0 Å². The molecule has 0 aromatic heterocycles. The van der Waals surface area contributed by atoms with Gasteiger partial charge in [0.1, 0.15) is 0 Å². The number of hydrogen-bond donors (Lipinski definition) is 0. The molecule has 0 bridgehead atoms.